The van der Waals surface area contributed by atoms with E-state index in [0.717, 1.165) is 13.8 Å². The number of nitrogens with one attached hydrogen (secondary N) is 1. The molecular formula is C13H12ClF3N2O. The van der Waals surface area contributed by atoms with Gasteiger partial charge in [0, 0.05) is 6.54 Å². The lowest BCUT2D eigenvalue weighted by atomic mass is 9.91. The van der Waals surface area contributed by atoms with Gasteiger partial charge in [-0.2, -0.15) is 18.4 Å². The third-order valence-corrected chi connectivity index (χ3v) is 3.21. The van der Waals surface area contributed by atoms with Crippen molar-refractivity contribution in [2.45, 2.75) is 26.6 Å². The molecule has 0 aliphatic carbocycles. The Morgan fingerprint density at radius 2 is 2.00 bits per heavy atom. The number of hydrogen-bond acceptors (Lipinski definition) is 2. The molecule has 0 fully saturated rings. The Hall–Kier alpha value is -1.74. The molecule has 1 amide bonds. The van der Waals surface area contributed by atoms with Gasteiger partial charge in [0.2, 0.25) is 5.91 Å². The largest absolute Gasteiger partial charge is 0.402 e. The maximum atomic E-state index is 12.7. The Morgan fingerprint density at radius 3 is 2.50 bits per heavy atom. The smallest absolute Gasteiger partial charge is 0.351 e. The lowest BCUT2D eigenvalue weighted by molar-refractivity contribution is -0.211. The number of halogens is 4. The van der Waals surface area contributed by atoms with Crippen LogP contribution in [0.1, 0.15) is 25.0 Å². The molecule has 0 radical (unpaired) electrons. The number of nitriles is 1. The van der Waals surface area contributed by atoms with Gasteiger partial charge in [0.15, 0.2) is 0 Å². The summed E-state index contributed by atoms with van der Waals surface area (Å²) in [6.45, 7) is 1.51. The van der Waals surface area contributed by atoms with Gasteiger partial charge in [-0.3, -0.25) is 4.79 Å². The molecule has 0 aliphatic rings. The van der Waals surface area contributed by atoms with Gasteiger partial charge in [0.1, 0.15) is 11.5 Å². The van der Waals surface area contributed by atoms with Gasteiger partial charge in [-0.05, 0) is 31.5 Å². The van der Waals surface area contributed by atoms with Gasteiger partial charge < -0.3 is 5.32 Å². The molecule has 0 saturated heterocycles. The summed E-state index contributed by atoms with van der Waals surface area (Å²) in [4.78, 5) is 11.6. The van der Waals surface area contributed by atoms with Crippen molar-refractivity contribution >= 4 is 17.5 Å². The van der Waals surface area contributed by atoms with E-state index in [-0.39, 0.29) is 17.1 Å². The number of carbonyl (C=O) groups is 1. The van der Waals surface area contributed by atoms with Crippen molar-refractivity contribution in [3.05, 3.63) is 34.3 Å². The van der Waals surface area contributed by atoms with Crippen LogP contribution in [0.3, 0.4) is 0 Å². The molecular weight excluding hydrogens is 293 g/mol. The second-order valence-corrected chi connectivity index (χ2v) is 5.14. The lowest BCUT2D eigenvalue weighted by Crippen LogP contribution is -2.46. The SMILES string of the molecule is CC(C)(C(=O)NCc1ccc(Cl)c(C#N)c1)C(F)(F)F. The van der Waals surface area contributed by atoms with Crippen molar-refractivity contribution in [2.24, 2.45) is 5.41 Å². The van der Waals surface area contributed by atoms with Crippen LogP contribution in [-0.2, 0) is 11.3 Å². The highest BCUT2D eigenvalue weighted by atomic mass is 35.5. The number of nitrogens with zero attached hydrogens (tertiary/aromatic N) is 1. The van der Waals surface area contributed by atoms with Crippen molar-refractivity contribution in [1.29, 1.82) is 5.26 Å². The number of hydrogen-bond donors (Lipinski definition) is 1. The van der Waals surface area contributed by atoms with E-state index in [1.165, 1.54) is 18.2 Å². The second-order valence-electron chi connectivity index (χ2n) is 4.73. The standard InChI is InChI=1S/C13H12ClF3N2O/c1-12(2,13(15,16)17)11(20)19-7-8-3-4-10(14)9(5-8)6-18/h3-5H,7H2,1-2H3,(H,19,20). The fraction of sp³-hybridized carbons (Fsp3) is 0.385. The van der Waals surface area contributed by atoms with Gasteiger partial charge >= 0.3 is 6.18 Å². The Bertz CT molecular complexity index is 562. The zero-order valence-corrected chi connectivity index (χ0v) is 11.6. The van der Waals surface area contributed by atoms with E-state index < -0.39 is 17.5 Å². The Balaban J connectivity index is 2.79. The maximum absolute atomic E-state index is 12.7. The molecule has 1 aromatic rings. The molecule has 7 heteroatoms. The zero-order valence-electron chi connectivity index (χ0n) is 10.8. The molecule has 0 aliphatic heterocycles. The lowest BCUT2D eigenvalue weighted by Gasteiger charge is -2.26. The van der Waals surface area contributed by atoms with E-state index in [4.69, 9.17) is 16.9 Å². The van der Waals surface area contributed by atoms with Crippen molar-refractivity contribution in [2.75, 3.05) is 0 Å². The topological polar surface area (TPSA) is 52.9 Å². The minimum absolute atomic E-state index is 0.107. The van der Waals surface area contributed by atoms with E-state index in [2.05, 4.69) is 5.32 Å². The molecule has 0 aromatic heterocycles. The number of alkyl halides is 3. The van der Waals surface area contributed by atoms with Crippen LogP contribution in [0.5, 0.6) is 0 Å². The highest BCUT2D eigenvalue weighted by Crippen LogP contribution is 2.37. The summed E-state index contributed by atoms with van der Waals surface area (Å²) in [6.07, 6.45) is -4.63. The molecule has 0 heterocycles. The first-order chi connectivity index (χ1) is 9.09. The molecule has 1 N–H and O–H groups in total. The normalized spacial score (nSPS) is 11.8. The second kappa shape index (κ2) is 5.71. The first-order valence-corrected chi connectivity index (χ1v) is 6.01. The fourth-order valence-electron chi connectivity index (χ4n) is 1.30. The monoisotopic (exact) mass is 304 g/mol. The summed E-state index contributed by atoms with van der Waals surface area (Å²) in [5.74, 6) is -1.13. The van der Waals surface area contributed by atoms with Gasteiger partial charge in [-0.25, -0.2) is 0 Å². The van der Waals surface area contributed by atoms with Gasteiger partial charge in [0.25, 0.3) is 0 Å². The molecule has 1 aromatic carbocycles. The number of amides is 1. The van der Waals surface area contributed by atoms with Crippen molar-refractivity contribution in [1.82, 2.24) is 5.32 Å². The molecule has 0 atom stereocenters. The van der Waals surface area contributed by atoms with Crippen LogP contribution >= 0.6 is 11.6 Å². The number of benzene rings is 1. The van der Waals surface area contributed by atoms with E-state index in [9.17, 15) is 18.0 Å². The highest BCUT2D eigenvalue weighted by Gasteiger charge is 2.52. The van der Waals surface area contributed by atoms with Crippen molar-refractivity contribution in [3.8, 4) is 6.07 Å². The number of rotatable bonds is 3. The zero-order chi connectivity index (χ0) is 15.6. The molecule has 0 spiro atoms. The van der Waals surface area contributed by atoms with Crippen LogP contribution in [0.25, 0.3) is 0 Å². The molecule has 20 heavy (non-hydrogen) atoms. The predicted molar refractivity (Wildman–Crippen MR) is 67.8 cm³/mol. The van der Waals surface area contributed by atoms with Gasteiger partial charge in [0.05, 0.1) is 10.6 Å². The quantitative estimate of drug-likeness (QED) is 0.930. The van der Waals surface area contributed by atoms with Crippen LogP contribution < -0.4 is 5.32 Å². The third-order valence-electron chi connectivity index (χ3n) is 2.88. The average molecular weight is 305 g/mol. The van der Waals surface area contributed by atoms with Crippen molar-refractivity contribution < 1.29 is 18.0 Å². The van der Waals surface area contributed by atoms with Crippen LogP contribution in [0.2, 0.25) is 5.02 Å². The fourth-order valence-corrected chi connectivity index (χ4v) is 1.46. The Labute approximate surface area is 119 Å². The van der Waals surface area contributed by atoms with Crippen molar-refractivity contribution in [3.63, 3.8) is 0 Å². The summed E-state index contributed by atoms with van der Waals surface area (Å²) < 4.78 is 38.0. The summed E-state index contributed by atoms with van der Waals surface area (Å²) in [6, 6.07) is 6.26. The summed E-state index contributed by atoms with van der Waals surface area (Å²) in [7, 11) is 0. The van der Waals surface area contributed by atoms with E-state index in [0.29, 0.717) is 5.56 Å². The van der Waals surface area contributed by atoms with E-state index in [1.54, 1.807) is 0 Å². The summed E-state index contributed by atoms with van der Waals surface area (Å²) in [5.41, 5.74) is -1.77. The molecule has 0 saturated carbocycles. The predicted octanol–water partition coefficient (Wildman–Crippen LogP) is 3.42. The van der Waals surface area contributed by atoms with Crippen LogP contribution in [-0.4, -0.2) is 12.1 Å². The summed E-state index contributed by atoms with van der Waals surface area (Å²) >= 11 is 5.73. The Kier molecular flexibility index (Phi) is 4.66. The first kappa shape index (κ1) is 16.3. The minimum atomic E-state index is -4.63. The third kappa shape index (κ3) is 3.42. The summed E-state index contributed by atoms with van der Waals surface area (Å²) in [5, 5.41) is 11.2. The van der Waals surface area contributed by atoms with Crippen LogP contribution in [0.4, 0.5) is 13.2 Å². The first-order valence-electron chi connectivity index (χ1n) is 5.63. The molecule has 3 nitrogen and oxygen atoms in total. The highest BCUT2D eigenvalue weighted by molar-refractivity contribution is 6.31. The molecule has 0 unspecified atom stereocenters. The van der Waals surface area contributed by atoms with Crippen LogP contribution in [0, 0.1) is 16.7 Å². The Morgan fingerprint density at radius 1 is 1.40 bits per heavy atom. The van der Waals surface area contributed by atoms with Gasteiger partial charge in [-0.15, -0.1) is 0 Å². The van der Waals surface area contributed by atoms with Crippen LogP contribution in [0.15, 0.2) is 18.2 Å². The molecule has 1 rings (SSSR count). The van der Waals surface area contributed by atoms with E-state index >= 15 is 0 Å². The van der Waals surface area contributed by atoms with Gasteiger partial charge in [-0.1, -0.05) is 17.7 Å². The van der Waals surface area contributed by atoms with E-state index in [1.807, 2.05) is 6.07 Å². The average Bonchev–Trinajstić information content (AvgIpc) is 2.35. The number of carbonyl (C=O) groups excluding carboxylic acids is 1. The maximum Gasteiger partial charge on any atom is 0.402 e. The molecule has 0 bridgehead atoms. The molecule has 108 valence electrons. The minimum Gasteiger partial charge on any atom is -0.351 e.